The number of piperidine rings is 1. The molecule has 0 saturated carbocycles. The lowest BCUT2D eigenvalue weighted by atomic mass is 9.96. The monoisotopic (exact) mass is 488 g/mol. The number of fused-ring (bicyclic) bond motifs is 3. The van der Waals surface area contributed by atoms with Crippen molar-refractivity contribution < 1.29 is 19.1 Å². The highest BCUT2D eigenvalue weighted by Crippen LogP contribution is 2.37. The number of rotatable bonds is 6. The first-order valence-electron chi connectivity index (χ1n) is 12.7. The lowest BCUT2D eigenvalue weighted by Gasteiger charge is -2.39. The Kier molecular flexibility index (Phi) is 6.76. The van der Waals surface area contributed by atoms with Gasteiger partial charge in [0.15, 0.2) is 0 Å². The second-order valence-corrected chi connectivity index (χ2v) is 9.58. The first-order valence-corrected chi connectivity index (χ1v) is 12.7. The minimum Gasteiger partial charge on any atom is -0.466 e. The Balaban J connectivity index is 1.41. The van der Waals surface area contributed by atoms with Gasteiger partial charge in [0, 0.05) is 19.6 Å². The summed E-state index contributed by atoms with van der Waals surface area (Å²) in [5.41, 5.74) is 2.72. The van der Waals surface area contributed by atoms with Crippen LogP contribution in [0.5, 0.6) is 0 Å². The lowest BCUT2D eigenvalue weighted by Crippen LogP contribution is -2.47. The van der Waals surface area contributed by atoms with Crippen molar-refractivity contribution in [2.45, 2.75) is 51.7 Å². The normalized spacial score (nSPS) is 20.4. The third-order valence-corrected chi connectivity index (χ3v) is 7.38. The molecule has 2 amide bonds. The summed E-state index contributed by atoms with van der Waals surface area (Å²) in [4.78, 5) is 47.9. The van der Waals surface area contributed by atoms with Crippen LogP contribution in [0.25, 0.3) is 11.0 Å². The first-order chi connectivity index (χ1) is 17.5. The van der Waals surface area contributed by atoms with Gasteiger partial charge in [-0.2, -0.15) is 0 Å². The first kappa shape index (κ1) is 24.0. The molecule has 1 fully saturated rings. The van der Waals surface area contributed by atoms with Gasteiger partial charge in [-0.25, -0.2) is 4.98 Å². The van der Waals surface area contributed by atoms with Crippen molar-refractivity contribution in [2.75, 3.05) is 19.7 Å². The number of esters is 1. The second-order valence-electron chi connectivity index (χ2n) is 9.58. The molecule has 0 unspecified atom stereocenters. The van der Waals surface area contributed by atoms with Crippen LogP contribution in [0, 0.1) is 5.92 Å². The number of likely N-dealkylation sites (tertiary alicyclic amines) is 1. The maximum atomic E-state index is 13.9. The highest BCUT2D eigenvalue weighted by Gasteiger charge is 2.41. The molecule has 1 saturated heterocycles. The van der Waals surface area contributed by atoms with E-state index in [1.165, 1.54) is 0 Å². The van der Waals surface area contributed by atoms with Crippen LogP contribution in [0.2, 0.25) is 0 Å². The van der Waals surface area contributed by atoms with Crippen LogP contribution in [-0.2, 0) is 25.7 Å². The highest BCUT2D eigenvalue weighted by molar-refractivity contribution is 5.91. The molecule has 8 nitrogen and oxygen atoms in total. The van der Waals surface area contributed by atoms with Crippen LogP contribution in [0.1, 0.15) is 56.6 Å². The Morgan fingerprint density at radius 2 is 1.72 bits per heavy atom. The summed E-state index contributed by atoms with van der Waals surface area (Å²) < 4.78 is 7.12. The van der Waals surface area contributed by atoms with Crippen LogP contribution in [0.4, 0.5) is 0 Å². The molecule has 3 heterocycles. The second kappa shape index (κ2) is 10.1. The number of carbonyl (C=O) groups is 3. The molecule has 0 radical (unpaired) electrons. The molecule has 0 bridgehead atoms. The maximum Gasteiger partial charge on any atom is 0.309 e. The Labute approximate surface area is 210 Å². The number of hydrogen-bond donors (Lipinski definition) is 0. The standard InChI is InChI=1S/C28H32N4O4/c1-3-36-28(35)21-13-15-30(16-14-21)25(33)17-24-27(34)31(18-20-9-5-4-6-10-20)19(2)26-29-22-11-7-8-12-23(22)32(24)26/h4-12,19,21,24H,3,13-18H2,1-2H3/t19-,24-/m0/s1. The molecule has 2 aromatic carbocycles. The third-order valence-electron chi connectivity index (χ3n) is 7.38. The van der Waals surface area contributed by atoms with Crippen LogP contribution in [0.3, 0.4) is 0 Å². The topological polar surface area (TPSA) is 84.7 Å². The van der Waals surface area contributed by atoms with E-state index in [1.54, 1.807) is 11.8 Å². The Morgan fingerprint density at radius 1 is 1.03 bits per heavy atom. The molecular formula is C28H32N4O4. The number of aromatic nitrogens is 2. The van der Waals surface area contributed by atoms with Gasteiger partial charge >= 0.3 is 5.97 Å². The number of amides is 2. The molecule has 3 aromatic rings. The van der Waals surface area contributed by atoms with Gasteiger partial charge in [0.2, 0.25) is 11.8 Å². The predicted molar refractivity (Wildman–Crippen MR) is 135 cm³/mol. The molecule has 0 aliphatic carbocycles. The zero-order chi connectivity index (χ0) is 25.2. The van der Waals surface area contributed by atoms with E-state index < -0.39 is 6.04 Å². The van der Waals surface area contributed by atoms with Crippen LogP contribution >= 0.6 is 0 Å². The zero-order valence-electron chi connectivity index (χ0n) is 20.8. The fourth-order valence-electron chi connectivity index (χ4n) is 5.41. The molecule has 0 spiro atoms. The quantitative estimate of drug-likeness (QED) is 0.492. The van der Waals surface area contributed by atoms with Gasteiger partial charge < -0.3 is 19.1 Å². The molecule has 2 aliphatic heterocycles. The van der Waals surface area contributed by atoms with Crippen molar-refractivity contribution in [1.82, 2.24) is 19.4 Å². The van der Waals surface area contributed by atoms with Crippen molar-refractivity contribution in [3.05, 3.63) is 66.0 Å². The van der Waals surface area contributed by atoms with Gasteiger partial charge in [0.05, 0.1) is 36.0 Å². The zero-order valence-corrected chi connectivity index (χ0v) is 20.8. The van der Waals surface area contributed by atoms with Gasteiger partial charge in [-0.3, -0.25) is 14.4 Å². The average molecular weight is 489 g/mol. The summed E-state index contributed by atoms with van der Waals surface area (Å²) >= 11 is 0. The van der Waals surface area contributed by atoms with E-state index in [2.05, 4.69) is 0 Å². The Bertz CT molecular complexity index is 1260. The summed E-state index contributed by atoms with van der Waals surface area (Å²) in [5.74, 6) is 0.291. The van der Waals surface area contributed by atoms with E-state index in [4.69, 9.17) is 9.72 Å². The molecule has 0 N–H and O–H groups in total. The van der Waals surface area contributed by atoms with Gasteiger partial charge in [0.1, 0.15) is 11.9 Å². The van der Waals surface area contributed by atoms with Gasteiger partial charge in [0.25, 0.3) is 0 Å². The summed E-state index contributed by atoms with van der Waals surface area (Å²) in [6.45, 7) is 5.60. The summed E-state index contributed by atoms with van der Waals surface area (Å²) in [6.07, 6.45) is 1.23. The number of benzene rings is 2. The average Bonchev–Trinajstić information content (AvgIpc) is 3.29. The van der Waals surface area contributed by atoms with Crippen molar-refractivity contribution in [1.29, 1.82) is 0 Å². The summed E-state index contributed by atoms with van der Waals surface area (Å²) in [6, 6.07) is 16.8. The van der Waals surface area contributed by atoms with Gasteiger partial charge in [-0.05, 0) is 44.4 Å². The number of nitrogens with zero attached hydrogens (tertiary/aromatic N) is 4. The van der Waals surface area contributed by atoms with Crippen molar-refractivity contribution >= 4 is 28.8 Å². The van der Waals surface area contributed by atoms with E-state index in [0.29, 0.717) is 39.1 Å². The number of hydrogen-bond acceptors (Lipinski definition) is 5. The minimum atomic E-state index is -0.664. The fourth-order valence-corrected chi connectivity index (χ4v) is 5.41. The van der Waals surface area contributed by atoms with Crippen molar-refractivity contribution in [3.63, 3.8) is 0 Å². The molecule has 2 aliphatic rings. The van der Waals surface area contributed by atoms with E-state index in [1.807, 2.05) is 71.0 Å². The molecule has 2 atom stereocenters. The molecule has 5 rings (SSSR count). The lowest BCUT2D eigenvalue weighted by molar-refractivity contribution is -0.151. The van der Waals surface area contributed by atoms with E-state index >= 15 is 0 Å². The smallest absolute Gasteiger partial charge is 0.309 e. The van der Waals surface area contributed by atoms with Crippen LogP contribution < -0.4 is 0 Å². The maximum absolute atomic E-state index is 13.9. The highest BCUT2D eigenvalue weighted by atomic mass is 16.5. The largest absolute Gasteiger partial charge is 0.466 e. The van der Waals surface area contributed by atoms with Gasteiger partial charge in [-0.1, -0.05) is 42.5 Å². The minimum absolute atomic E-state index is 0.0638. The third kappa shape index (κ3) is 4.47. The molecule has 8 heteroatoms. The summed E-state index contributed by atoms with van der Waals surface area (Å²) in [7, 11) is 0. The van der Waals surface area contributed by atoms with E-state index in [-0.39, 0.29) is 36.2 Å². The molecule has 36 heavy (non-hydrogen) atoms. The van der Waals surface area contributed by atoms with E-state index in [9.17, 15) is 14.4 Å². The van der Waals surface area contributed by atoms with Crippen molar-refractivity contribution in [2.24, 2.45) is 5.92 Å². The van der Waals surface area contributed by atoms with E-state index in [0.717, 1.165) is 22.4 Å². The summed E-state index contributed by atoms with van der Waals surface area (Å²) in [5, 5.41) is 0. The molecule has 1 aromatic heterocycles. The SMILES string of the molecule is CCOC(=O)C1CCN(C(=O)C[C@H]2C(=O)N(Cc3ccccc3)[C@@H](C)c3nc4ccccc4n32)CC1. The molecular weight excluding hydrogens is 456 g/mol. The fraction of sp³-hybridized carbons (Fsp3) is 0.429. The Morgan fingerprint density at radius 3 is 2.44 bits per heavy atom. The van der Waals surface area contributed by atoms with Crippen LogP contribution in [-0.4, -0.2) is 56.8 Å². The van der Waals surface area contributed by atoms with Crippen molar-refractivity contribution in [3.8, 4) is 0 Å². The molecule has 188 valence electrons. The number of carbonyl (C=O) groups excluding carboxylic acids is 3. The number of ether oxygens (including phenoxy) is 1. The number of imidazole rings is 1. The predicted octanol–water partition coefficient (Wildman–Crippen LogP) is 3.87. The van der Waals surface area contributed by atoms with Gasteiger partial charge in [-0.15, -0.1) is 0 Å². The number of para-hydroxylation sites is 2. The Hall–Kier alpha value is -3.68. The van der Waals surface area contributed by atoms with Crippen LogP contribution in [0.15, 0.2) is 54.6 Å².